The molecule has 0 aromatic carbocycles. The maximum Gasteiger partial charge on any atom is 2.00 e. The van der Waals surface area contributed by atoms with E-state index < -0.39 is 22.9 Å². The fourth-order valence-electron chi connectivity index (χ4n) is 1.86. The van der Waals surface area contributed by atoms with E-state index in [0.29, 0.717) is 0 Å². The summed E-state index contributed by atoms with van der Waals surface area (Å²) in [7, 11) is 1.26. The van der Waals surface area contributed by atoms with Gasteiger partial charge in [0.25, 0.3) is 5.56 Å². The average molecular weight is 391 g/mol. The van der Waals surface area contributed by atoms with Gasteiger partial charge in [-0.25, -0.2) is 9.59 Å². The van der Waals surface area contributed by atoms with Gasteiger partial charge in [0.2, 0.25) is 0 Å². The molecule has 6 N–H and O–H groups in total. The molecule has 2 rings (SSSR count). The molecule has 1 aliphatic rings. The van der Waals surface area contributed by atoms with E-state index in [1.54, 1.807) is 0 Å². The van der Waals surface area contributed by atoms with Gasteiger partial charge in [-0.05, 0) is 12.8 Å². The summed E-state index contributed by atoms with van der Waals surface area (Å²) in [4.78, 5) is 34.0. The molecule has 1 saturated carbocycles. The van der Waals surface area contributed by atoms with Crippen LogP contribution in [0.1, 0.15) is 36.2 Å². The van der Waals surface area contributed by atoms with Crippen LogP contribution in [0.15, 0.2) is 15.7 Å². The molecule has 0 spiro atoms. The topological polar surface area (TPSA) is 144 Å². The van der Waals surface area contributed by atoms with Gasteiger partial charge in [0.1, 0.15) is 5.69 Å². The number of aromatic amines is 1. The Morgan fingerprint density at radius 2 is 1.76 bits per heavy atom. The van der Waals surface area contributed by atoms with Gasteiger partial charge in [0, 0.05) is 25.2 Å². The van der Waals surface area contributed by atoms with Crippen LogP contribution in [-0.4, -0.2) is 32.7 Å². The molecule has 1 aromatic rings. The number of nitrogens with zero attached hydrogens (tertiary/aromatic N) is 1. The molecule has 1 heterocycles. The summed E-state index contributed by atoms with van der Waals surface area (Å²) in [5.41, 5.74) is 9.53. The number of nitrogens with two attached hydrogens (primary N) is 2. The van der Waals surface area contributed by atoms with E-state index in [0.717, 1.165) is 23.5 Å². The first-order valence-corrected chi connectivity index (χ1v) is 6.37. The first-order valence-electron chi connectivity index (χ1n) is 6.37. The van der Waals surface area contributed by atoms with Gasteiger partial charge in [0.05, 0.1) is 0 Å². The predicted molar refractivity (Wildman–Crippen MR) is 73.7 cm³/mol. The second kappa shape index (κ2) is 8.90. The third kappa shape index (κ3) is 5.93. The molecule has 0 bridgehead atoms. The van der Waals surface area contributed by atoms with Crippen LogP contribution in [0.5, 0.6) is 0 Å². The van der Waals surface area contributed by atoms with Crippen LogP contribution >= 0.6 is 0 Å². The van der Waals surface area contributed by atoms with Gasteiger partial charge >= 0.3 is 32.1 Å². The number of H-pyrrole nitrogens is 1. The van der Waals surface area contributed by atoms with Crippen molar-refractivity contribution in [1.82, 2.24) is 9.55 Å². The van der Waals surface area contributed by atoms with Crippen molar-refractivity contribution in [2.75, 3.05) is 0 Å². The van der Waals surface area contributed by atoms with Crippen molar-refractivity contribution in [1.29, 1.82) is 0 Å². The van der Waals surface area contributed by atoms with Crippen molar-refractivity contribution < 1.29 is 30.3 Å². The SMILES string of the molecule is Cn1c(=O)cc(C(=O)O)[nH]c1=O.NC1CCCCC1N.[Pd+2]. The number of nitrogens with one attached hydrogen (secondary N) is 1. The molecule has 0 radical (unpaired) electrons. The van der Waals surface area contributed by atoms with E-state index in [4.69, 9.17) is 16.6 Å². The number of carboxylic acids is 1. The Labute approximate surface area is 135 Å². The zero-order valence-electron chi connectivity index (χ0n) is 11.7. The monoisotopic (exact) mass is 390 g/mol. The van der Waals surface area contributed by atoms with Crippen molar-refractivity contribution in [3.8, 4) is 0 Å². The van der Waals surface area contributed by atoms with Crippen LogP contribution in [0.25, 0.3) is 0 Å². The third-order valence-corrected chi connectivity index (χ3v) is 3.25. The minimum atomic E-state index is -1.33. The van der Waals surface area contributed by atoms with Gasteiger partial charge < -0.3 is 21.6 Å². The second-order valence-corrected chi connectivity index (χ2v) is 4.80. The maximum atomic E-state index is 10.8. The molecule has 120 valence electrons. The largest absolute Gasteiger partial charge is 2.00 e. The number of carbonyl (C=O) groups is 1. The zero-order chi connectivity index (χ0) is 15.3. The molecule has 2 unspecified atom stereocenters. The van der Waals surface area contributed by atoms with Crippen LogP contribution in [-0.2, 0) is 27.5 Å². The molecule has 0 amide bonds. The van der Waals surface area contributed by atoms with E-state index in [9.17, 15) is 14.4 Å². The van der Waals surface area contributed by atoms with Gasteiger partial charge in [-0.15, -0.1) is 0 Å². The van der Waals surface area contributed by atoms with Crippen molar-refractivity contribution >= 4 is 5.97 Å². The minimum absolute atomic E-state index is 0. The molecular weight excluding hydrogens is 371 g/mol. The molecule has 1 aromatic heterocycles. The number of carboxylic acid groups (broad SMARTS) is 1. The molecule has 9 heteroatoms. The number of hydrogen-bond donors (Lipinski definition) is 4. The van der Waals surface area contributed by atoms with Crippen molar-refractivity contribution in [3.63, 3.8) is 0 Å². The second-order valence-electron chi connectivity index (χ2n) is 4.80. The van der Waals surface area contributed by atoms with Crippen LogP contribution in [0.2, 0.25) is 0 Å². The standard InChI is InChI=1S/C6H6N2O4.C6H14N2.Pd/c1-8-4(9)2-3(5(10)11)7-6(8)12;7-5-3-1-2-4-6(5)8;/h2H,1H3,(H,7,12)(H,10,11);5-6H,1-4,7-8H2;/q;;+2. The summed E-state index contributed by atoms with van der Waals surface area (Å²) >= 11 is 0. The van der Waals surface area contributed by atoms with Gasteiger partial charge in [-0.3, -0.25) is 9.36 Å². The molecule has 1 fully saturated rings. The van der Waals surface area contributed by atoms with E-state index >= 15 is 0 Å². The van der Waals surface area contributed by atoms with E-state index in [2.05, 4.69) is 0 Å². The normalized spacial score (nSPS) is 20.7. The number of hydrogen-bond acceptors (Lipinski definition) is 5. The fraction of sp³-hybridized carbons (Fsp3) is 0.583. The van der Waals surface area contributed by atoms with Crippen molar-refractivity contribution in [2.45, 2.75) is 37.8 Å². The van der Waals surface area contributed by atoms with Gasteiger partial charge in [-0.1, -0.05) is 12.8 Å². The van der Waals surface area contributed by atoms with Crippen LogP contribution in [0, 0.1) is 0 Å². The smallest absolute Gasteiger partial charge is 0.477 e. The summed E-state index contributed by atoms with van der Waals surface area (Å²) in [6.45, 7) is 0. The maximum absolute atomic E-state index is 10.8. The predicted octanol–water partition coefficient (Wildman–Crippen LogP) is -1.02. The molecule has 8 nitrogen and oxygen atoms in total. The first-order chi connectivity index (χ1) is 9.32. The third-order valence-electron chi connectivity index (χ3n) is 3.25. The molecule has 0 aliphatic heterocycles. The Morgan fingerprint density at radius 3 is 2.10 bits per heavy atom. The average Bonchev–Trinajstić information content (AvgIpc) is 2.39. The molecule has 0 saturated heterocycles. The number of aromatic carboxylic acids is 1. The van der Waals surface area contributed by atoms with Crippen molar-refractivity contribution in [3.05, 3.63) is 32.6 Å². The Hall–Kier alpha value is -1.27. The summed E-state index contributed by atoms with van der Waals surface area (Å²) in [6, 6.07) is 1.41. The summed E-state index contributed by atoms with van der Waals surface area (Å²) in [5, 5.41) is 8.41. The van der Waals surface area contributed by atoms with Crippen LogP contribution in [0.3, 0.4) is 0 Å². The Morgan fingerprint density at radius 1 is 1.29 bits per heavy atom. The molecular formula is C12H20N4O4Pd+2. The van der Waals surface area contributed by atoms with E-state index in [-0.39, 0.29) is 32.5 Å². The Bertz CT molecular complexity index is 542. The molecule has 21 heavy (non-hydrogen) atoms. The van der Waals surface area contributed by atoms with Gasteiger partial charge in [0.15, 0.2) is 0 Å². The summed E-state index contributed by atoms with van der Waals surface area (Å²) < 4.78 is 0.784. The quantitative estimate of drug-likeness (QED) is 0.452. The zero-order valence-corrected chi connectivity index (χ0v) is 13.2. The number of rotatable bonds is 1. The molecule has 1 aliphatic carbocycles. The summed E-state index contributed by atoms with van der Waals surface area (Å²) in [6.07, 6.45) is 4.80. The Balaban J connectivity index is 0.000000390. The van der Waals surface area contributed by atoms with Crippen LogP contribution in [0.4, 0.5) is 0 Å². The Kier molecular flexibility index (Phi) is 8.36. The van der Waals surface area contributed by atoms with Crippen LogP contribution < -0.4 is 22.7 Å². The summed E-state index contributed by atoms with van der Waals surface area (Å²) in [5.74, 6) is -1.33. The first kappa shape index (κ1) is 19.7. The fourth-order valence-corrected chi connectivity index (χ4v) is 1.86. The molecule has 2 atom stereocenters. The van der Waals surface area contributed by atoms with Gasteiger partial charge in [-0.2, -0.15) is 0 Å². The number of aromatic nitrogens is 2. The van der Waals surface area contributed by atoms with E-state index in [1.807, 2.05) is 4.98 Å². The van der Waals surface area contributed by atoms with E-state index in [1.165, 1.54) is 19.9 Å². The minimum Gasteiger partial charge on any atom is -0.477 e. The van der Waals surface area contributed by atoms with Crippen molar-refractivity contribution in [2.24, 2.45) is 18.5 Å².